The lowest BCUT2D eigenvalue weighted by atomic mass is 10.1. The van der Waals surface area contributed by atoms with Gasteiger partial charge >= 0.3 is 0 Å². The molecular weight excluding hydrogens is 454 g/mol. The van der Waals surface area contributed by atoms with Gasteiger partial charge in [0, 0.05) is 14.1 Å². The maximum absolute atomic E-state index is 12.2. The number of furan rings is 1. The van der Waals surface area contributed by atoms with Crippen LogP contribution in [0.3, 0.4) is 0 Å². The Balaban J connectivity index is 1.91. The zero-order chi connectivity index (χ0) is 22.2. The van der Waals surface area contributed by atoms with E-state index >= 15 is 0 Å². The van der Waals surface area contributed by atoms with Crippen LogP contribution in [0.15, 0.2) is 42.7 Å². The summed E-state index contributed by atoms with van der Waals surface area (Å²) in [6.07, 6.45) is 0.607. The van der Waals surface area contributed by atoms with Gasteiger partial charge in [-0.25, -0.2) is 0 Å². The molecule has 9 heteroatoms. The van der Waals surface area contributed by atoms with E-state index in [0.717, 1.165) is 4.47 Å². The smallest absolute Gasteiger partial charge is 0.257 e. The molecule has 3 rings (SSSR count). The number of rotatable bonds is 7. The molecule has 158 valence electrons. The number of nitrogens with zero attached hydrogens (tertiary/aromatic N) is 1. The Labute approximate surface area is 181 Å². The fourth-order valence-electron chi connectivity index (χ4n) is 3.04. The third kappa shape index (κ3) is 3.85. The Bertz CT molecular complexity index is 1150. The average Bonchev–Trinajstić information content (AvgIpc) is 3.05. The molecule has 0 saturated heterocycles. The quantitative estimate of drug-likeness (QED) is 0.353. The molecule has 3 N–H and O–H groups in total. The van der Waals surface area contributed by atoms with Gasteiger partial charge in [0.25, 0.3) is 16.8 Å². The predicted molar refractivity (Wildman–Crippen MR) is 119 cm³/mol. The molecule has 0 fully saturated rings. The molecule has 1 atom stereocenters. The van der Waals surface area contributed by atoms with Crippen LogP contribution in [0.2, 0.25) is 0 Å². The summed E-state index contributed by atoms with van der Waals surface area (Å²) in [5.41, 5.74) is -0.972. The Hall–Kier alpha value is -3.07. The number of hydrogen-bond donors (Lipinski definition) is 3. The highest BCUT2D eigenvalue weighted by Crippen LogP contribution is 2.34. The van der Waals surface area contributed by atoms with Gasteiger partial charge in [-0.15, -0.1) is 0 Å². The SMILES string of the molecule is CCC(Nc1c(Nc2cccc(C(=O)N(C)C)c2O)c(=O)c1=O)c1cc(Br)c(C)o1. The molecule has 0 radical (unpaired) electrons. The normalized spacial score (nSPS) is 12.0. The fourth-order valence-corrected chi connectivity index (χ4v) is 3.35. The van der Waals surface area contributed by atoms with Crippen molar-refractivity contribution in [3.8, 4) is 5.75 Å². The highest BCUT2D eigenvalue weighted by molar-refractivity contribution is 9.10. The summed E-state index contributed by atoms with van der Waals surface area (Å²) in [6, 6.07) is 6.07. The number of amides is 1. The van der Waals surface area contributed by atoms with E-state index in [4.69, 9.17) is 4.42 Å². The van der Waals surface area contributed by atoms with Gasteiger partial charge in [-0.3, -0.25) is 14.4 Å². The molecule has 0 aliphatic carbocycles. The standard InChI is InChI=1S/C21H22BrN3O5/c1-5-13(15-9-12(22)10(2)30-15)23-16-17(20(28)19(16)27)24-14-8-6-7-11(18(14)26)21(29)25(3)4/h6-9,13,23-24,26H,5H2,1-4H3. The molecular formula is C21H22BrN3O5. The van der Waals surface area contributed by atoms with Crippen LogP contribution in [0.5, 0.6) is 5.75 Å². The molecule has 0 bridgehead atoms. The van der Waals surface area contributed by atoms with E-state index in [1.807, 2.05) is 19.9 Å². The van der Waals surface area contributed by atoms with Crippen LogP contribution < -0.4 is 21.5 Å². The zero-order valence-corrected chi connectivity index (χ0v) is 18.6. The molecule has 30 heavy (non-hydrogen) atoms. The highest BCUT2D eigenvalue weighted by Gasteiger charge is 2.26. The first kappa shape index (κ1) is 21.6. The lowest BCUT2D eigenvalue weighted by molar-refractivity contribution is 0.0824. The van der Waals surface area contributed by atoms with Crippen molar-refractivity contribution in [3.05, 3.63) is 66.3 Å². The van der Waals surface area contributed by atoms with Crippen molar-refractivity contribution < 1.29 is 14.3 Å². The number of phenolic OH excluding ortho intramolecular Hbond substituents is 1. The van der Waals surface area contributed by atoms with Crippen molar-refractivity contribution in [1.29, 1.82) is 0 Å². The van der Waals surface area contributed by atoms with Gasteiger partial charge in [-0.05, 0) is 47.5 Å². The summed E-state index contributed by atoms with van der Waals surface area (Å²) in [7, 11) is 3.14. The van der Waals surface area contributed by atoms with Crippen LogP contribution in [0.1, 0.15) is 41.3 Å². The molecule has 1 amide bonds. The van der Waals surface area contributed by atoms with E-state index in [1.54, 1.807) is 20.2 Å². The average molecular weight is 476 g/mol. The number of phenols is 1. The van der Waals surface area contributed by atoms with Crippen molar-refractivity contribution in [2.24, 2.45) is 0 Å². The first-order chi connectivity index (χ1) is 14.1. The molecule has 0 aliphatic heterocycles. The Morgan fingerprint density at radius 1 is 1.23 bits per heavy atom. The predicted octanol–water partition coefficient (Wildman–Crippen LogP) is 3.66. The van der Waals surface area contributed by atoms with Crippen molar-refractivity contribution in [2.75, 3.05) is 24.7 Å². The fraction of sp³-hybridized carbons (Fsp3) is 0.286. The number of aromatic hydroxyl groups is 1. The number of carbonyl (C=O) groups is 1. The zero-order valence-electron chi connectivity index (χ0n) is 17.0. The number of para-hydroxylation sites is 1. The number of hydrogen-bond acceptors (Lipinski definition) is 7. The molecule has 1 heterocycles. The van der Waals surface area contributed by atoms with Crippen LogP contribution in [-0.2, 0) is 0 Å². The Morgan fingerprint density at radius 3 is 2.47 bits per heavy atom. The molecule has 1 aromatic heterocycles. The maximum atomic E-state index is 12.2. The minimum Gasteiger partial charge on any atom is -0.505 e. The van der Waals surface area contributed by atoms with Crippen LogP contribution in [-0.4, -0.2) is 30.0 Å². The monoisotopic (exact) mass is 475 g/mol. The highest BCUT2D eigenvalue weighted by atomic mass is 79.9. The number of benzene rings is 1. The molecule has 3 aromatic rings. The second-order valence-electron chi connectivity index (χ2n) is 7.09. The summed E-state index contributed by atoms with van der Waals surface area (Å²) in [5, 5.41) is 16.3. The number of anilines is 3. The number of carbonyl (C=O) groups excluding carboxylic acids is 1. The van der Waals surface area contributed by atoms with Crippen molar-refractivity contribution in [2.45, 2.75) is 26.3 Å². The van der Waals surface area contributed by atoms with Crippen LogP contribution in [0.4, 0.5) is 17.1 Å². The van der Waals surface area contributed by atoms with Crippen molar-refractivity contribution in [1.82, 2.24) is 4.90 Å². The molecule has 0 spiro atoms. The molecule has 2 aromatic carbocycles. The molecule has 0 saturated carbocycles. The summed E-state index contributed by atoms with van der Waals surface area (Å²) in [6.45, 7) is 3.74. The van der Waals surface area contributed by atoms with Gasteiger partial charge in [-0.2, -0.15) is 0 Å². The Morgan fingerprint density at radius 2 is 1.90 bits per heavy atom. The minimum atomic E-state index is -0.701. The van der Waals surface area contributed by atoms with E-state index < -0.39 is 10.9 Å². The third-order valence-electron chi connectivity index (χ3n) is 4.79. The summed E-state index contributed by atoms with van der Waals surface area (Å²) in [5.74, 6) is 0.653. The van der Waals surface area contributed by atoms with Crippen LogP contribution in [0.25, 0.3) is 0 Å². The second-order valence-corrected chi connectivity index (χ2v) is 7.95. The van der Waals surface area contributed by atoms with E-state index in [-0.39, 0.29) is 40.3 Å². The molecule has 1 unspecified atom stereocenters. The van der Waals surface area contributed by atoms with Gasteiger partial charge in [0.05, 0.1) is 21.8 Å². The molecule has 8 nitrogen and oxygen atoms in total. The van der Waals surface area contributed by atoms with E-state index in [0.29, 0.717) is 17.9 Å². The van der Waals surface area contributed by atoms with E-state index in [1.165, 1.54) is 17.0 Å². The van der Waals surface area contributed by atoms with Gasteiger partial charge in [0.1, 0.15) is 22.9 Å². The summed E-state index contributed by atoms with van der Waals surface area (Å²) >= 11 is 3.40. The largest absolute Gasteiger partial charge is 0.505 e. The van der Waals surface area contributed by atoms with Gasteiger partial charge in [-0.1, -0.05) is 13.0 Å². The third-order valence-corrected chi connectivity index (χ3v) is 5.58. The first-order valence-corrected chi connectivity index (χ1v) is 10.1. The summed E-state index contributed by atoms with van der Waals surface area (Å²) < 4.78 is 6.52. The number of aryl methyl sites for hydroxylation is 1. The first-order valence-electron chi connectivity index (χ1n) is 9.32. The van der Waals surface area contributed by atoms with Crippen LogP contribution >= 0.6 is 15.9 Å². The van der Waals surface area contributed by atoms with Crippen molar-refractivity contribution in [3.63, 3.8) is 0 Å². The van der Waals surface area contributed by atoms with Crippen LogP contribution in [0, 0.1) is 6.92 Å². The lowest BCUT2D eigenvalue weighted by Crippen LogP contribution is -2.37. The number of nitrogens with one attached hydrogen (secondary N) is 2. The topological polar surface area (TPSA) is 112 Å². The van der Waals surface area contributed by atoms with E-state index in [9.17, 15) is 19.5 Å². The summed E-state index contributed by atoms with van der Waals surface area (Å²) in [4.78, 5) is 37.9. The Kier molecular flexibility index (Phi) is 6.02. The second kappa shape index (κ2) is 8.35. The van der Waals surface area contributed by atoms with Crippen molar-refractivity contribution >= 4 is 38.9 Å². The van der Waals surface area contributed by atoms with Gasteiger partial charge in [0.2, 0.25) is 0 Å². The van der Waals surface area contributed by atoms with Gasteiger partial charge in [0.15, 0.2) is 5.75 Å². The van der Waals surface area contributed by atoms with E-state index in [2.05, 4.69) is 26.6 Å². The molecule has 0 aliphatic rings. The lowest BCUT2D eigenvalue weighted by Gasteiger charge is -2.21. The minimum absolute atomic E-state index is 0.0329. The van der Waals surface area contributed by atoms with Gasteiger partial charge < -0.3 is 25.1 Å². The number of halogens is 1. The maximum Gasteiger partial charge on any atom is 0.257 e.